The van der Waals surface area contributed by atoms with Gasteiger partial charge >= 0.3 is 0 Å². The number of hydrogen-bond donors (Lipinski definition) is 0. The van der Waals surface area contributed by atoms with Crippen LogP contribution < -0.4 is 3.83 Å². The molecule has 0 fully saturated rings. The second-order valence-corrected chi connectivity index (χ2v) is 2.64. The molecule has 0 aliphatic heterocycles. The van der Waals surface area contributed by atoms with Gasteiger partial charge in [0.1, 0.15) is 5.75 Å². The molecule has 0 radical (unpaired) electrons. The average Bonchev–Trinajstić information content (AvgIpc) is 2.04. The Morgan fingerprint density at radius 3 is 2.82 bits per heavy atom. The Morgan fingerprint density at radius 1 is 1.55 bits per heavy atom. The highest BCUT2D eigenvalue weighted by Gasteiger charge is 2.01. The van der Waals surface area contributed by atoms with Gasteiger partial charge in [0.05, 0.1) is 5.56 Å². The van der Waals surface area contributed by atoms with E-state index in [0.717, 1.165) is 0 Å². The van der Waals surface area contributed by atoms with Gasteiger partial charge in [-0.2, -0.15) is 0 Å². The maximum atomic E-state index is 10.4. The first kappa shape index (κ1) is 8.56. The monoisotopic (exact) mass is 234 g/mol. The molecule has 0 aliphatic rings. The molecule has 0 heterocycles. The second-order valence-electron chi connectivity index (χ2n) is 1.88. The Kier molecular flexibility index (Phi) is 2.91. The molecule has 0 saturated carbocycles. The Balaban J connectivity index is 3.16. The zero-order valence-electron chi connectivity index (χ0n) is 5.38. The van der Waals surface area contributed by atoms with Gasteiger partial charge in [0.15, 0.2) is 22.5 Å². The van der Waals surface area contributed by atoms with Gasteiger partial charge in [0, 0.05) is 11.1 Å². The van der Waals surface area contributed by atoms with E-state index in [2.05, 4.69) is 16.3 Å². The molecule has 11 heavy (non-hydrogen) atoms. The molecule has 1 aromatic rings. The van der Waals surface area contributed by atoms with E-state index in [1.54, 1.807) is 18.2 Å². The van der Waals surface area contributed by atoms with Crippen molar-refractivity contribution < 1.29 is 8.62 Å². The lowest BCUT2D eigenvalue weighted by atomic mass is 10.2. The minimum absolute atomic E-state index is 0.424. The van der Waals surface area contributed by atoms with E-state index >= 15 is 0 Å². The number of carbonyl (C=O) groups is 1. The van der Waals surface area contributed by atoms with Gasteiger partial charge < -0.3 is 3.83 Å². The summed E-state index contributed by atoms with van der Waals surface area (Å²) >= 11 is 8.40. The first-order valence-electron chi connectivity index (χ1n) is 2.81. The van der Waals surface area contributed by atoms with Crippen LogP contribution in [0.2, 0.25) is 5.02 Å². The molecule has 0 atom stereocenters. The van der Waals surface area contributed by atoms with Crippen LogP contribution in [-0.2, 0) is 0 Å². The standard InChI is InChI=1S/C7H4BrClO2/c8-11-7-3-6(9)2-1-5(7)4-10/h1-4H. The molecule has 0 unspecified atom stereocenters. The van der Waals surface area contributed by atoms with Crippen molar-refractivity contribution in [2.75, 3.05) is 0 Å². The van der Waals surface area contributed by atoms with Crippen LogP contribution in [0.5, 0.6) is 5.75 Å². The molecule has 4 heteroatoms. The van der Waals surface area contributed by atoms with Crippen LogP contribution in [-0.4, -0.2) is 6.29 Å². The van der Waals surface area contributed by atoms with Crippen molar-refractivity contribution in [3.8, 4) is 5.75 Å². The lowest BCUT2D eigenvalue weighted by Gasteiger charge is -1.99. The Hall–Kier alpha value is -0.540. The quantitative estimate of drug-likeness (QED) is 0.737. The Morgan fingerprint density at radius 2 is 2.27 bits per heavy atom. The van der Waals surface area contributed by atoms with E-state index in [4.69, 9.17) is 15.4 Å². The minimum Gasteiger partial charge on any atom is -0.417 e. The first-order chi connectivity index (χ1) is 5.27. The maximum Gasteiger partial charge on any atom is 0.179 e. The molecule has 58 valence electrons. The SMILES string of the molecule is O=Cc1ccc(Cl)cc1OBr. The van der Waals surface area contributed by atoms with E-state index < -0.39 is 0 Å². The zero-order chi connectivity index (χ0) is 8.27. The Bertz CT molecular complexity index is 275. The summed E-state index contributed by atoms with van der Waals surface area (Å²) < 4.78 is 4.71. The zero-order valence-corrected chi connectivity index (χ0v) is 7.72. The van der Waals surface area contributed by atoms with Crippen LogP contribution in [0.15, 0.2) is 18.2 Å². The first-order valence-corrected chi connectivity index (χ1v) is 3.84. The predicted molar refractivity (Wildman–Crippen MR) is 46.4 cm³/mol. The fourth-order valence-corrected chi connectivity index (χ4v) is 1.11. The van der Waals surface area contributed by atoms with Gasteiger partial charge in [-0.05, 0) is 12.1 Å². The van der Waals surface area contributed by atoms with Crippen LogP contribution in [0.1, 0.15) is 10.4 Å². The van der Waals surface area contributed by atoms with Crippen molar-refractivity contribution >= 4 is 34.1 Å². The third-order valence-corrected chi connectivity index (χ3v) is 1.77. The van der Waals surface area contributed by atoms with E-state index in [1.165, 1.54) is 0 Å². The number of aldehydes is 1. The summed E-state index contributed by atoms with van der Waals surface area (Å²) in [5, 5.41) is 0.532. The molecule has 1 aromatic carbocycles. The fourth-order valence-electron chi connectivity index (χ4n) is 0.672. The molecular formula is C7H4BrClO2. The highest BCUT2D eigenvalue weighted by Crippen LogP contribution is 2.23. The molecule has 0 N–H and O–H groups in total. The highest BCUT2D eigenvalue weighted by molar-refractivity contribution is 9.06. The number of rotatable bonds is 2. The van der Waals surface area contributed by atoms with Gasteiger partial charge in [-0.25, -0.2) is 0 Å². The van der Waals surface area contributed by atoms with Crippen molar-refractivity contribution in [2.24, 2.45) is 0 Å². The van der Waals surface area contributed by atoms with Crippen molar-refractivity contribution in [2.45, 2.75) is 0 Å². The molecule has 0 bridgehead atoms. The summed E-state index contributed by atoms with van der Waals surface area (Å²) in [5.74, 6) is 0.424. The Labute approximate surface area is 77.6 Å². The van der Waals surface area contributed by atoms with E-state index in [9.17, 15) is 4.79 Å². The van der Waals surface area contributed by atoms with Gasteiger partial charge in [0.2, 0.25) is 0 Å². The van der Waals surface area contributed by atoms with Gasteiger partial charge in [-0.15, -0.1) is 0 Å². The normalized spacial score (nSPS) is 9.27. The van der Waals surface area contributed by atoms with Crippen LogP contribution >= 0.6 is 27.9 Å². The maximum absolute atomic E-state index is 10.4. The molecule has 0 amide bonds. The third-order valence-electron chi connectivity index (χ3n) is 1.19. The van der Waals surface area contributed by atoms with E-state index in [1.807, 2.05) is 0 Å². The van der Waals surface area contributed by atoms with Gasteiger partial charge in [0.25, 0.3) is 0 Å². The van der Waals surface area contributed by atoms with Crippen LogP contribution in [0.4, 0.5) is 0 Å². The third kappa shape index (κ3) is 1.94. The second kappa shape index (κ2) is 3.74. The van der Waals surface area contributed by atoms with Crippen LogP contribution in [0, 0.1) is 0 Å². The minimum atomic E-state index is 0.424. The molecule has 1 rings (SSSR count). The highest BCUT2D eigenvalue weighted by atomic mass is 79.9. The molecule has 0 saturated heterocycles. The summed E-state index contributed by atoms with van der Waals surface area (Å²) in [4.78, 5) is 10.4. The molecule has 0 aromatic heterocycles. The van der Waals surface area contributed by atoms with Crippen molar-refractivity contribution in [1.82, 2.24) is 0 Å². The summed E-state index contributed by atoms with van der Waals surface area (Å²) in [6.45, 7) is 0. The van der Waals surface area contributed by atoms with E-state index in [0.29, 0.717) is 22.6 Å². The van der Waals surface area contributed by atoms with Crippen molar-refractivity contribution in [1.29, 1.82) is 0 Å². The van der Waals surface area contributed by atoms with Gasteiger partial charge in [-0.1, -0.05) is 11.6 Å². The lowest BCUT2D eigenvalue weighted by molar-refractivity contribution is 0.112. The summed E-state index contributed by atoms with van der Waals surface area (Å²) in [6.07, 6.45) is 0.701. The number of halogens is 2. The van der Waals surface area contributed by atoms with E-state index in [-0.39, 0.29) is 0 Å². The van der Waals surface area contributed by atoms with Crippen molar-refractivity contribution in [3.63, 3.8) is 0 Å². The summed E-state index contributed by atoms with van der Waals surface area (Å²) in [7, 11) is 0. The number of benzene rings is 1. The smallest absolute Gasteiger partial charge is 0.179 e. The summed E-state index contributed by atoms with van der Waals surface area (Å²) in [5.41, 5.74) is 0.464. The molecule has 2 nitrogen and oxygen atoms in total. The predicted octanol–water partition coefficient (Wildman–Crippen LogP) is 2.84. The number of hydrogen-bond acceptors (Lipinski definition) is 2. The molecular weight excluding hydrogens is 231 g/mol. The summed E-state index contributed by atoms with van der Waals surface area (Å²) in [6, 6.07) is 4.77. The molecule has 0 spiro atoms. The van der Waals surface area contributed by atoms with Gasteiger partial charge in [-0.3, -0.25) is 4.79 Å². The van der Waals surface area contributed by atoms with Crippen molar-refractivity contribution in [3.05, 3.63) is 28.8 Å². The van der Waals surface area contributed by atoms with Crippen LogP contribution in [0.3, 0.4) is 0 Å². The molecule has 0 aliphatic carbocycles. The average molecular weight is 235 g/mol. The largest absolute Gasteiger partial charge is 0.417 e. The number of carbonyl (C=O) groups excluding carboxylic acids is 1. The fraction of sp³-hybridized carbons (Fsp3) is 0. The lowest BCUT2D eigenvalue weighted by Crippen LogP contribution is -1.84. The van der Waals surface area contributed by atoms with Crippen LogP contribution in [0.25, 0.3) is 0 Å². The topological polar surface area (TPSA) is 26.3 Å².